The van der Waals surface area contributed by atoms with Crippen LogP contribution in [0.5, 0.6) is 0 Å². The van der Waals surface area contributed by atoms with Crippen molar-refractivity contribution in [3.63, 3.8) is 0 Å². The lowest BCUT2D eigenvalue weighted by Gasteiger charge is -1.97. The number of carbonyl (C=O) groups is 1. The number of ketones is 1. The normalized spacial score (nSPS) is 11.8. The average molecular weight is 140 g/mol. The molecule has 10 heavy (non-hydrogen) atoms. The predicted octanol–water partition coefficient (Wildman–Crippen LogP) is 2.42. The summed E-state index contributed by atoms with van der Waals surface area (Å²) in [6.07, 6.45) is 3.61. The highest BCUT2D eigenvalue weighted by molar-refractivity contribution is 5.91. The molecular formula is C9H16O. The van der Waals surface area contributed by atoms with Gasteiger partial charge in [-0.05, 0) is 12.0 Å². The molecule has 0 aromatic carbocycles. The summed E-state index contributed by atoms with van der Waals surface area (Å²) in [5.41, 5.74) is 0. The zero-order valence-corrected chi connectivity index (χ0v) is 7.22. The number of hydrogen-bond donors (Lipinski definition) is 0. The zero-order valence-electron chi connectivity index (χ0n) is 7.22. The molecule has 0 atom stereocenters. The van der Waals surface area contributed by atoms with Gasteiger partial charge in [0.05, 0.1) is 0 Å². The number of carbonyl (C=O) groups excluding carboxylic acids is 1. The topological polar surface area (TPSA) is 17.1 Å². The van der Waals surface area contributed by atoms with Crippen molar-refractivity contribution >= 4 is 5.78 Å². The fraction of sp³-hybridized carbons (Fsp3) is 0.667. The van der Waals surface area contributed by atoms with Crippen molar-refractivity contribution < 1.29 is 4.79 Å². The van der Waals surface area contributed by atoms with E-state index in [1.54, 1.807) is 6.08 Å². The van der Waals surface area contributed by atoms with Gasteiger partial charge in [0.2, 0.25) is 0 Å². The number of hydrogen-bond acceptors (Lipinski definition) is 1. The molecule has 0 aromatic rings. The van der Waals surface area contributed by atoms with Crippen LogP contribution < -0.4 is 0 Å². The Bertz CT molecular complexity index is 132. The van der Waals surface area contributed by atoms with Crippen LogP contribution in [0.4, 0.5) is 0 Å². The lowest BCUT2D eigenvalue weighted by molar-refractivity contribution is -0.117. The molecular weight excluding hydrogens is 124 g/mol. The van der Waals surface area contributed by atoms with E-state index in [0.29, 0.717) is 5.92 Å². The summed E-state index contributed by atoms with van der Waals surface area (Å²) in [6.45, 7) is 7.94. The predicted molar refractivity (Wildman–Crippen MR) is 43.8 cm³/mol. The van der Waals surface area contributed by atoms with Crippen molar-refractivity contribution in [2.24, 2.45) is 11.8 Å². The van der Waals surface area contributed by atoms with E-state index in [0.717, 1.165) is 0 Å². The Morgan fingerprint density at radius 1 is 1.20 bits per heavy atom. The summed E-state index contributed by atoms with van der Waals surface area (Å²) in [6, 6.07) is 0. The molecule has 0 unspecified atom stereocenters. The summed E-state index contributed by atoms with van der Waals surface area (Å²) >= 11 is 0. The molecule has 0 rings (SSSR count). The highest BCUT2D eigenvalue weighted by atomic mass is 16.1. The first kappa shape index (κ1) is 9.41. The molecule has 0 aliphatic rings. The lowest BCUT2D eigenvalue weighted by Crippen LogP contribution is -2.02. The van der Waals surface area contributed by atoms with Gasteiger partial charge in [0.15, 0.2) is 5.78 Å². The molecule has 0 amide bonds. The van der Waals surface area contributed by atoms with Gasteiger partial charge in [-0.15, -0.1) is 0 Å². The minimum absolute atomic E-state index is 0.134. The Labute approximate surface area is 63.1 Å². The first-order valence-electron chi connectivity index (χ1n) is 3.76. The Morgan fingerprint density at radius 2 is 1.70 bits per heavy atom. The molecule has 0 N–H and O–H groups in total. The minimum atomic E-state index is 0.134. The maximum Gasteiger partial charge on any atom is 0.157 e. The van der Waals surface area contributed by atoms with E-state index in [4.69, 9.17) is 0 Å². The second-order valence-electron chi connectivity index (χ2n) is 3.16. The Hall–Kier alpha value is -0.590. The number of rotatable bonds is 3. The fourth-order valence-corrected chi connectivity index (χ4v) is 0.480. The van der Waals surface area contributed by atoms with Crippen LogP contribution in [0.1, 0.15) is 27.7 Å². The van der Waals surface area contributed by atoms with E-state index < -0.39 is 0 Å². The largest absolute Gasteiger partial charge is 0.295 e. The Morgan fingerprint density at radius 3 is 2.00 bits per heavy atom. The van der Waals surface area contributed by atoms with Crippen LogP contribution in [0.25, 0.3) is 0 Å². The smallest absolute Gasteiger partial charge is 0.157 e. The van der Waals surface area contributed by atoms with Crippen LogP contribution in [-0.4, -0.2) is 5.78 Å². The molecule has 0 heterocycles. The molecule has 0 fully saturated rings. The zero-order chi connectivity index (χ0) is 8.15. The first-order valence-corrected chi connectivity index (χ1v) is 3.76. The number of allylic oxidation sites excluding steroid dienone is 2. The monoisotopic (exact) mass is 140 g/mol. The summed E-state index contributed by atoms with van der Waals surface area (Å²) in [7, 11) is 0. The van der Waals surface area contributed by atoms with Crippen LogP contribution in [0.3, 0.4) is 0 Å². The summed E-state index contributed by atoms with van der Waals surface area (Å²) < 4.78 is 0. The summed E-state index contributed by atoms with van der Waals surface area (Å²) in [5.74, 6) is 0.825. The van der Waals surface area contributed by atoms with Crippen LogP contribution >= 0.6 is 0 Å². The average Bonchev–Trinajstić information content (AvgIpc) is 1.82. The van der Waals surface area contributed by atoms with Crippen LogP contribution in [-0.2, 0) is 4.79 Å². The maximum atomic E-state index is 11.0. The van der Waals surface area contributed by atoms with E-state index in [1.807, 2.05) is 19.9 Å². The highest BCUT2D eigenvalue weighted by Gasteiger charge is 2.00. The molecule has 0 aliphatic heterocycles. The SMILES string of the molecule is CC(C)/C=C\C(=O)C(C)C. The molecule has 0 saturated heterocycles. The van der Waals surface area contributed by atoms with Crippen LogP contribution in [0.15, 0.2) is 12.2 Å². The molecule has 0 aliphatic carbocycles. The van der Waals surface area contributed by atoms with Crippen molar-refractivity contribution in [1.29, 1.82) is 0 Å². The lowest BCUT2D eigenvalue weighted by atomic mass is 10.1. The van der Waals surface area contributed by atoms with Gasteiger partial charge in [-0.3, -0.25) is 4.79 Å². The van der Waals surface area contributed by atoms with Crippen LogP contribution in [0, 0.1) is 11.8 Å². The second-order valence-corrected chi connectivity index (χ2v) is 3.16. The van der Waals surface area contributed by atoms with Gasteiger partial charge >= 0.3 is 0 Å². The van der Waals surface area contributed by atoms with Crippen LogP contribution in [0.2, 0.25) is 0 Å². The van der Waals surface area contributed by atoms with E-state index in [1.165, 1.54) is 0 Å². The summed E-state index contributed by atoms with van der Waals surface area (Å²) in [5, 5.41) is 0. The van der Waals surface area contributed by atoms with E-state index in [-0.39, 0.29) is 11.7 Å². The van der Waals surface area contributed by atoms with Crippen molar-refractivity contribution in [3.8, 4) is 0 Å². The fourth-order valence-electron chi connectivity index (χ4n) is 0.480. The molecule has 1 heteroatoms. The third-order valence-corrected chi connectivity index (χ3v) is 1.21. The molecule has 0 saturated carbocycles. The third-order valence-electron chi connectivity index (χ3n) is 1.21. The van der Waals surface area contributed by atoms with Gasteiger partial charge in [-0.25, -0.2) is 0 Å². The molecule has 0 aromatic heterocycles. The van der Waals surface area contributed by atoms with Gasteiger partial charge in [0.1, 0.15) is 0 Å². The standard InChI is InChI=1S/C9H16O/c1-7(2)5-6-9(10)8(3)4/h5-8H,1-4H3/b6-5-. The van der Waals surface area contributed by atoms with Gasteiger partial charge in [-0.1, -0.05) is 33.8 Å². The molecule has 0 bridgehead atoms. The second kappa shape index (κ2) is 4.26. The van der Waals surface area contributed by atoms with Crippen molar-refractivity contribution in [2.45, 2.75) is 27.7 Å². The molecule has 0 spiro atoms. The van der Waals surface area contributed by atoms with Crippen molar-refractivity contribution in [2.75, 3.05) is 0 Å². The van der Waals surface area contributed by atoms with Gasteiger partial charge in [-0.2, -0.15) is 0 Å². The molecule has 1 nitrogen and oxygen atoms in total. The quantitative estimate of drug-likeness (QED) is 0.550. The molecule has 0 radical (unpaired) electrons. The first-order chi connectivity index (χ1) is 4.54. The maximum absolute atomic E-state index is 11.0. The minimum Gasteiger partial charge on any atom is -0.295 e. The Kier molecular flexibility index (Phi) is 4.01. The molecule has 58 valence electrons. The van der Waals surface area contributed by atoms with E-state index >= 15 is 0 Å². The van der Waals surface area contributed by atoms with Crippen molar-refractivity contribution in [1.82, 2.24) is 0 Å². The van der Waals surface area contributed by atoms with E-state index in [2.05, 4.69) is 13.8 Å². The van der Waals surface area contributed by atoms with Gasteiger partial charge in [0, 0.05) is 5.92 Å². The highest BCUT2D eigenvalue weighted by Crippen LogP contribution is 1.99. The summed E-state index contributed by atoms with van der Waals surface area (Å²) in [4.78, 5) is 11.0. The van der Waals surface area contributed by atoms with E-state index in [9.17, 15) is 4.79 Å². The van der Waals surface area contributed by atoms with Gasteiger partial charge in [0.25, 0.3) is 0 Å². The third kappa shape index (κ3) is 4.30. The van der Waals surface area contributed by atoms with Gasteiger partial charge < -0.3 is 0 Å². The Balaban J connectivity index is 3.79. The van der Waals surface area contributed by atoms with Crippen molar-refractivity contribution in [3.05, 3.63) is 12.2 Å².